The minimum Gasteiger partial charge on any atom is -0.351 e. The van der Waals surface area contributed by atoms with Gasteiger partial charge in [0.1, 0.15) is 5.69 Å². The van der Waals surface area contributed by atoms with Crippen molar-refractivity contribution in [2.24, 2.45) is 5.73 Å². The van der Waals surface area contributed by atoms with Crippen molar-refractivity contribution in [1.82, 2.24) is 10.3 Å². The van der Waals surface area contributed by atoms with Crippen LogP contribution in [0, 0.1) is 0 Å². The Kier molecular flexibility index (Phi) is 4.91. The van der Waals surface area contributed by atoms with E-state index in [-0.39, 0.29) is 11.9 Å². The van der Waals surface area contributed by atoms with Crippen LogP contribution in [0.4, 0.5) is 0 Å². The number of hydrogen-bond donors (Lipinski definition) is 3. The Morgan fingerprint density at radius 2 is 2.36 bits per heavy atom. The van der Waals surface area contributed by atoms with E-state index >= 15 is 0 Å². The normalized spacial score (nSPS) is 25.4. The van der Waals surface area contributed by atoms with E-state index in [1.165, 1.54) is 0 Å². The highest BCUT2D eigenvalue weighted by atomic mass is 16.2. The van der Waals surface area contributed by atoms with E-state index in [1.54, 1.807) is 6.08 Å². The Hall–Kier alpha value is -2.59. The van der Waals surface area contributed by atoms with Gasteiger partial charge in [-0.1, -0.05) is 49.1 Å². The molecule has 2 unspecified atom stereocenters. The van der Waals surface area contributed by atoms with Crippen molar-refractivity contribution in [3.63, 3.8) is 0 Å². The summed E-state index contributed by atoms with van der Waals surface area (Å²) in [7, 11) is 0. The standard InChI is InChI=1S/C21H25N3O/c1-3-5-8-16(4-2)21(11-6-7-12-21)24-20(25)19-14-15-13-17(22)9-10-18(15)23-19/h3-6,8-11,14,17,23H,1,7,12-13,22H2,2H3,(H,24,25)/b8-5-,16-4+. The molecule has 1 aromatic heterocycles. The third kappa shape index (κ3) is 3.44. The number of carbonyl (C=O) groups is 1. The summed E-state index contributed by atoms with van der Waals surface area (Å²) in [6.07, 6.45) is 18.4. The second kappa shape index (κ2) is 7.11. The number of aromatic amines is 1. The molecule has 0 saturated carbocycles. The van der Waals surface area contributed by atoms with Crippen LogP contribution in [-0.4, -0.2) is 22.5 Å². The maximum Gasteiger partial charge on any atom is 0.268 e. The molecule has 25 heavy (non-hydrogen) atoms. The van der Waals surface area contributed by atoms with Gasteiger partial charge in [-0.3, -0.25) is 4.79 Å². The highest BCUT2D eigenvalue weighted by molar-refractivity contribution is 5.94. The summed E-state index contributed by atoms with van der Waals surface area (Å²) >= 11 is 0. The maximum absolute atomic E-state index is 12.9. The SMILES string of the molecule is C=C/C=C\C(=C/C)C1(NC(=O)c2cc3c([nH]2)C=CC(N)C3)C=CCC1. The molecule has 2 atom stereocenters. The third-order valence-electron chi connectivity index (χ3n) is 4.83. The lowest BCUT2D eigenvalue weighted by atomic mass is 9.88. The van der Waals surface area contributed by atoms with Gasteiger partial charge < -0.3 is 16.0 Å². The molecule has 4 N–H and O–H groups in total. The fourth-order valence-electron chi connectivity index (χ4n) is 3.54. The lowest BCUT2D eigenvalue weighted by Gasteiger charge is -2.30. The molecule has 2 aliphatic rings. The molecular formula is C21H25N3O. The van der Waals surface area contributed by atoms with Gasteiger partial charge in [0.15, 0.2) is 0 Å². The van der Waals surface area contributed by atoms with E-state index in [4.69, 9.17) is 5.73 Å². The number of rotatable bonds is 5. The fraction of sp³-hybridized carbons (Fsp3) is 0.286. The molecule has 0 spiro atoms. The Balaban J connectivity index is 1.85. The van der Waals surface area contributed by atoms with E-state index in [0.29, 0.717) is 5.69 Å². The average molecular weight is 335 g/mol. The van der Waals surface area contributed by atoms with Crippen LogP contribution in [0.3, 0.4) is 0 Å². The van der Waals surface area contributed by atoms with E-state index in [1.807, 2.05) is 43.4 Å². The summed E-state index contributed by atoms with van der Waals surface area (Å²) in [4.78, 5) is 16.1. The quantitative estimate of drug-likeness (QED) is 0.570. The van der Waals surface area contributed by atoms with E-state index in [2.05, 4.69) is 29.0 Å². The first-order valence-corrected chi connectivity index (χ1v) is 8.70. The molecule has 4 heteroatoms. The molecule has 1 heterocycles. The van der Waals surface area contributed by atoms with Crippen LogP contribution >= 0.6 is 0 Å². The Bertz CT molecular complexity index is 794. The van der Waals surface area contributed by atoms with Crippen LogP contribution < -0.4 is 11.1 Å². The number of fused-ring (bicyclic) bond motifs is 1. The number of hydrogen-bond acceptors (Lipinski definition) is 2. The summed E-state index contributed by atoms with van der Waals surface area (Å²) in [5.41, 5.74) is 9.19. The van der Waals surface area contributed by atoms with Gasteiger partial charge in [-0.15, -0.1) is 0 Å². The molecule has 0 aliphatic heterocycles. The average Bonchev–Trinajstić information content (AvgIpc) is 3.22. The van der Waals surface area contributed by atoms with Crippen LogP contribution in [0.15, 0.2) is 60.8 Å². The number of carbonyl (C=O) groups excluding carboxylic acids is 1. The van der Waals surface area contributed by atoms with Crippen molar-refractivity contribution in [3.8, 4) is 0 Å². The number of amides is 1. The molecule has 0 aromatic carbocycles. The van der Waals surface area contributed by atoms with Crippen molar-refractivity contribution >= 4 is 12.0 Å². The first-order chi connectivity index (χ1) is 12.1. The van der Waals surface area contributed by atoms with Crippen molar-refractivity contribution in [2.75, 3.05) is 0 Å². The van der Waals surface area contributed by atoms with Crippen LogP contribution in [-0.2, 0) is 6.42 Å². The molecule has 1 aromatic rings. The van der Waals surface area contributed by atoms with Gasteiger partial charge in [-0.25, -0.2) is 0 Å². The van der Waals surface area contributed by atoms with Gasteiger partial charge in [-0.05, 0) is 49.5 Å². The predicted molar refractivity (Wildman–Crippen MR) is 103 cm³/mol. The lowest BCUT2D eigenvalue weighted by Crippen LogP contribution is -2.47. The molecule has 0 saturated heterocycles. The molecule has 130 valence electrons. The molecule has 2 aliphatic carbocycles. The highest BCUT2D eigenvalue weighted by Crippen LogP contribution is 2.32. The second-order valence-electron chi connectivity index (χ2n) is 6.55. The summed E-state index contributed by atoms with van der Waals surface area (Å²) < 4.78 is 0. The highest BCUT2D eigenvalue weighted by Gasteiger charge is 2.34. The minimum atomic E-state index is -0.469. The molecule has 4 nitrogen and oxygen atoms in total. The molecule has 0 radical (unpaired) electrons. The lowest BCUT2D eigenvalue weighted by molar-refractivity contribution is 0.0923. The zero-order valence-corrected chi connectivity index (χ0v) is 14.6. The fourth-order valence-corrected chi connectivity index (χ4v) is 3.54. The van der Waals surface area contributed by atoms with Crippen LogP contribution in [0.25, 0.3) is 6.08 Å². The summed E-state index contributed by atoms with van der Waals surface area (Å²) in [6, 6.07) is 1.93. The van der Waals surface area contributed by atoms with Crippen molar-refractivity contribution in [3.05, 3.63) is 77.7 Å². The van der Waals surface area contributed by atoms with Crippen molar-refractivity contribution in [1.29, 1.82) is 0 Å². The molecule has 0 fully saturated rings. The monoisotopic (exact) mass is 335 g/mol. The van der Waals surface area contributed by atoms with E-state index < -0.39 is 5.54 Å². The van der Waals surface area contributed by atoms with Gasteiger partial charge in [0, 0.05) is 11.7 Å². The number of H-pyrrole nitrogens is 1. The second-order valence-corrected chi connectivity index (χ2v) is 6.55. The topological polar surface area (TPSA) is 70.9 Å². The molecule has 3 rings (SSSR count). The zero-order chi connectivity index (χ0) is 17.9. The van der Waals surface area contributed by atoms with E-state index in [9.17, 15) is 4.79 Å². The predicted octanol–water partition coefficient (Wildman–Crippen LogP) is 3.42. The largest absolute Gasteiger partial charge is 0.351 e. The number of nitrogens with one attached hydrogen (secondary N) is 2. The minimum absolute atomic E-state index is 0.0157. The Morgan fingerprint density at radius 3 is 3.04 bits per heavy atom. The summed E-state index contributed by atoms with van der Waals surface area (Å²) in [5, 5.41) is 3.22. The van der Waals surface area contributed by atoms with Gasteiger partial charge in [0.25, 0.3) is 5.91 Å². The third-order valence-corrected chi connectivity index (χ3v) is 4.83. The Labute approximate surface area is 148 Å². The van der Waals surface area contributed by atoms with Crippen LogP contribution in [0.5, 0.6) is 0 Å². The number of nitrogens with two attached hydrogens (primary N) is 1. The molecule has 1 amide bonds. The van der Waals surface area contributed by atoms with E-state index in [0.717, 1.165) is 36.1 Å². The zero-order valence-electron chi connectivity index (χ0n) is 14.6. The maximum atomic E-state index is 12.9. The molecule has 0 bridgehead atoms. The summed E-state index contributed by atoms with van der Waals surface area (Å²) in [6.45, 7) is 5.72. The molecular weight excluding hydrogens is 310 g/mol. The number of allylic oxidation sites excluding steroid dienone is 4. The Morgan fingerprint density at radius 1 is 1.52 bits per heavy atom. The van der Waals surface area contributed by atoms with Gasteiger partial charge in [0.2, 0.25) is 0 Å². The van der Waals surface area contributed by atoms with Gasteiger partial charge in [0.05, 0.1) is 5.54 Å². The van der Waals surface area contributed by atoms with Crippen molar-refractivity contribution < 1.29 is 4.79 Å². The first-order valence-electron chi connectivity index (χ1n) is 8.70. The van der Waals surface area contributed by atoms with Crippen LogP contribution in [0.2, 0.25) is 0 Å². The van der Waals surface area contributed by atoms with Gasteiger partial charge >= 0.3 is 0 Å². The first kappa shape index (κ1) is 17.2. The van der Waals surface area contributed by atoms with Gasteiger partial charge in [-0.2, -0.15) is 0 Å². The van der Waals surface area contributed by atoms with Crippen molar-refractivity contribution in [2.45, 2.75) is 37.8 Å². The number of aromatic nitrogens is 1. The summed E-state index contributed by atoms with van der Waals surface area (Å²) in [5.74, 6) is -0.103. The van der Waals surface area contributed by atoms with Crippen LogP contribution in [0.1, 0.15) is 41.5 Å². The smallest absolute Gasteiger partial charge is 0.268 e.